The molecule has 3 heteroatoms. The van der Waals surface area contributed by atoms with Crippen LogP contribution in [0.4, 0.5) is 0 Å². The molecule has 0 saturated heterocycles. The number of carboxylic acid groups (broad SMARTS) is 1. The number of benzene rings is 1. The van der Waals surface area contributed by atoms with E-state index >= 15 is 0 Å². The highest BCUT2D eigenvalue weighted by Crippen LogP contribution is 2.44. The highest BCUT2D eigenvalue weighted by atomic mass is 35.5. The number of halogens is 1. The standard InChI is InChI=1S/C13H15ClO2/c14-11-5-3-4-10(8-11)13(9-12(15)16)6-1-2-7-13/h3-5,8H,1-2,6-7,9H2,(H,15,16). The molecule has 0 radical (unpaired) electrons. The molecule has 0 aliphatic heterocycles. The average molecular weight is 239 g/mol. The van der Waals surface area contributed by atoms with Gasteiger partial charge in [-0.15, -0.1) is 0 Å². The van der Waals surface area contributed by atoms with Gasteiger partial charge in [-0.05, 0) is 30.5 Å². The van der Waals surface area contributed by atoms with E-state index in [0.717, 1.165) is 31.2 Å². The Morgan fingerprint density at radius 3 is 2.62 bits per heavy atom. The lowest BCUT2D eigenvalue weighted by molar-refractivity contribution is -0.138. The third-order valence-corrected chi connectivity index (χ3v) is 3.72. The third kappa shape index (κ3) is 2.22. The molecule has 16 heavy (non-hydrogen) atoms. The molecular formula is C13H15ClO2. The van der Waals surface area contributed by atoms with Gasteiger partial charge in [-0.2, -0.15) is 0 Å². The molecule has 1 fully saturated rings. The van der Waals surface area contributed by atoms with Gasteiger partial charge in [-0.3, -0.25) is 4.79 Å². The van der Waals surface area contributed by atoms with Gasteiger partial charge < -0.3 is 5.11 Å². The van der Waals surface area contributed by atoms with Crippen LogP contribution in [0.2, 0.25) is 5.02 Å². The Morgan fingerprint density at radius 2 is 2.06 bits per heavy atom. The lowest BCUT2D eigenvalue weighted by Gasteiger charge is -2.27. The number of aliphatic carboxylic acids is 1. The van der Waals surface area contributed by atoms with E-state index in [1.807, 2.05) is 24.3 Å². The monoisotopic (exact) mass is 238 g/mol. The van der Waals surface area contributed by atoms with Crippen molar-refractivity contribution in [3.63, 3.8) is 0 Å². The van der Waals surface area contributed by atoms with Crippen molar-refractivity contribution in [3.05, 3.63) is 34.9 Å². The van der Waals surface area contributed by atoms with Gasteiger partial charge in [0.15, 0.2) is 0 Å². The number of hydrogen-bond donors (Lipinski definition) is 1. The van der Waals surface area contributed by atoms with Crippen molar-refractivity contribution in [3.8, 4) is 0 Å². The lowest BCUT2D eigenvalue weighted by Crippen LogP contribution is -2.25. The summed E-state index contributed by atoms with van der Waals surface area (Å²) in [6.45, 7) is 0. The van der Waals surface area contributed by atoms with Crippen LogP contribution >= 0.6 is 11.6 Å². The molecule has 0 atom stereocenters. The van der Waals surface area contributed by atoms with Crippen LogP contribution < -0.4 is 0 Å². The topological polar surface area (TPSA) is 37.3 Å². The summed E-state index contributed by atoms with van der Waals surface area (Å²) in [5.41, 5.74) is 0.899. The largest absolute Gasteiger partial charge is 0.481 e. The fourth-order valence-electron chi connectivity index (χ4n) is 2.73. The van der Waals surface area contributed by atoms with Crippen LogP contribution in [0.5, 0.6) is 0 Å². The fraction of sp³-hybridized carbons (Fsp3) is 0.462. The molecule has 0 aromatic heterocycles. The van der Waals surface area contributed by atoms with Crippen LogP contribution in [0.3, 0.4) is 0 Å². The van der Waals surface area contributed by atoms with E-state index in [0.29, 0.717) is 5.02 Å². The minimum atomic E-state index is -0.720. The van der Waals surface area contributed by atoms with Crippen molar-refractivity contribution in [2.24, 2.45) is 0 Å². The molecule has 2 rings (SSSR count). The minimum absolute atomic E-state index is 0.184. The minimum Gasteiger partial charge on any atom is -0.481 e. The molecule has 0 bridgehead atoms. The molecule has 0 amide bonds. The molecule has 1 saturated carbocycles. The first-order valence-corrected chi connectivity index (χ1v) is 5.98. The Bertz CT molecular complexity index is 395. The van der Waals surface area contributed by atoms with Crippen LogP contribution in [-0.4, -0.2) is 11.1 Å². The maximum Gasteiger partial charge on any atom is 0.304 e. The summed E-state index contributed by atoms with van der Waals surface area (Å²) in [5, 5.41) is 9.73. The first kappa shape index (κ1) is 11.5. The van der Waals surface area contributed by atoms with Crippen molar-refractivity contribution < 1.29 is 9.90 Å². The van der Waals surface area contributed by atoms with Crippen molar-refractivity contribution >= 4 is 17.6 Å². The summed E-state index contributed by atoms with van der Waals surface area (Å²) >= 11 is 5.97. The Labute approximate surface area is 100 Å². The van der Waals surface area contributed by atoms with E-state index in [4.69, 9.17) is 16.7 Å². The fourth-order valence-corrected chi connectivity index (χ4v) is 2.92. The van der Waals surface area contributed by atoms with Gasteiger partial charge >= 0.3 is 5.97 Å². The van der Waals surface area contributed by atoms with Crippen LogP contribution in [-0.2, 0) is 10.2 Å². The van der Waals surface area contributed by atoms with E-state index < -0.39 is 5.97 Å². The smallest absolute Gasteiger partial charge is 0.304 e. The SMILES string of the molecule is O=C(O)CC1(c2cccc(Cl)c2)CCCC1. The van der Waals surface area contributed by atoms with E-state index in [2.05, 4.69) is 0 Å². The van der Waals surface area contributed by atoms with Gasteiger partial charge in [0.05, 0.1) is 6.42 Å². The maximum absolute atomic E-state index is 11.0. The summed E-state index contributed by atoms with van der Waals surface area (Å²) in [6.07, 6.45) is 4.35. The van der Waals surface area contributed by atoms with Crippen molar-refractivity contribution in [1.82, 2.24) is 0 Å². The molecule has 86 valence electrons. The first-order chi connectivity index (χ1) is 7.62. The zero-order valence-corrected chi connectivity index (χ0v) is 9.83. The van der Waals surface area contributed by atoms with Crippen LogP contribution in [0.15, 0.2) is 24.3 Å². The molecule has 0 spiro atoms. The average Bonchev–Trinajstić information content (AvgIpc) is 2.66. The molecule has 0 unspecified atom stereocenters. The summed E-state index contributed by atoms with van der Waals surface area (Å²) < 4.78 is 0. The maximum atomic E-state index is 11.0. The number of hydrogen-bond acceptors (Lipinski definition) is 1. The van der Waals surface area contributed by atoms with Gasteiger partial charge in [0, 0.05) is 10.4 Å². The van der Waals surface area contributed by atoms with E-state index in [1.54, 1.807) is 0 Å². The third-order valence-electron chi connectivity index (χ3n) is 3.49. The Morgan fingerprint density at radius 1 is 1.38 bits per heavy atom. The molecule has 1 aromatic rings. The van der Waals surface area contributed by atoms with Crippen LogP contribution in [0.25, 0.3) is 0 Å². The molecule has 1 aliphatic carbocycles. The Kier molecular flexibility index (Phi) is 3.20. The molecule has 1 aromatic carbocycles. The Hall–Kier alpha value is -1.02. The lowest BCUT2D eigenvalue weighted by atomic mass is 9.76. The second-order valence-electron chi connectivity index (χ2n) is 4.57. The zero-order valence-electron chi connectivity index (χ0n) is 9.08. The van der Waals surface area contributed by atoms with Crippen LogP contribution in [0, 0.1) is 0 Å². The summed E-state index contributed by atoms with van der Waals surface area (Å²) in [5.74, 6) is -0.720. The predicted octanol–water partition coefficient (Wildman–Crippen LogP) is 3.63. The molecule has 1 N–H and O–H groups in total. The van der Waals surface area contributed by atoms with Crippen molar-refractivity contribution in [2.45, 2.75) is 37.5 Å². The van der Waals surface area contributed by atoms with Gasteiger partial charge in [0.2, 0.25) is 0 Å². The van der Waals surface area contributed by atoms with E-state index in [-0.39, 0.29) is 11.8 Å². The number of carboxylic acids is 1. The summed E-state index contributed by atoms with van der Waals surface area (Å²) in [4.78, 5) is 11.0. The highest BCUT2D eigenvalue weighted by Gasteiger charge is 2.37. The molecular weight excluding hydrogens is 224 g/mol. The zero-order chi connectivity index (χ0) is 11.6. The second kappa shape index (κ2) is 4.46. The first-order valence-electron chi connectivity index (χ1n) is 5.60. The van der Waals surface area contributed by atoms with Crippen LogP contribution in [0.1, 0.15) is 37.7 Å². The Balaban J connectivity index is 2.35. The normalized spacial score (nSPS) is 18.6. The molecule has 0 heterocycles. The summed E-state index contributed by atoms with van der Waals surface area (Å²) in [6, 6.07) is 7.64. The highest BCUT2D eigenvalue weighted by molar-refractivity contribution is 6.30. The van der Waals surface area contributed by atoms with Gasteiger partial charge in [0.1, 0.15) is 0 Å². The van der Waals surface area contributed by atoms with E-state index in [1.165, 1.54) is 0 Å². The molecule has 1 aliphatic rings. The van der Waals surface area contributed by atoms with Gasteiger partial charge in [-0.25, -0.2) is 0 Å². The van der Waals surface area contributed by atoms with Gasteiger partial charge in [0.25, 0.3) is 0 Å². The number of carbonyl (C=O) groups is 1. The number of rotatable bonds is 3. The molecule has 2 nitrogen and oxygen atoms in total. The predicted molar refractivity (Wildman–Crippen MR) is 63.9 cm³/mol. The van der Waals surface area contributed by atoms with Crippen molar-refractivity contribution in [1.29, 1.82) is 0 Å². The summed E-state index contributed by atoms with van der Waals surface area (Å²) in [7, 11) is 0. The van der Waals surface area contributed by atoms with Crippen molar-refractivity contribution in [2.75, 3.05) is 0 Å². The quantitative estimate of drug-likeness (QED) is 0.873. The van der Waals surface area contributed by atoms with Gasteiger partial charge in [-0.1, -0.05) is 36.6 Å². The second-order valence-corrected chi connectivity index (χ2v) is 5.00. The van der Waals surface area contributed by atoms with E-state index in [9.17, 15) is 4.79 Å².